The van der Waals surface area contributed by atoms with E-state index in [1.807, 2.05) is 22.8 Å². The Bertz CT molecular complexity index is 743. The fourth-order valence-corrected chi connectivity index (χ4v) is 4.07. The third kappa shape index (κ3) is 4.14. The Morgan fingerprint density at radius 3 is 2.69 bits per heavy atom. The number of nitrogens with zero attached hydrogens (tertiary/aromatic N) is 4. The molecule has 0 unspecified atom stereocenters. The van der Waals surface area contributed by atoms with Gasteiger partial charge in [-0.25, -0.2) is 4.79 Å². The fraction of sp³-hybridized carbons (Fsp3) is 0.684. The van der Waals surface area contributed by atoms with Crippen molar-refractivity contribution < 1.29 is 9.59 Å². The van der Waals surface area contributed by atoms with Crippen molar-refractivity contribution in [1.82, 2.24) is 19.4 Å². The molecule has 1 atom stereocenters. The van der Waals surface area contributed by atoms with E-state index in [1.54, 1.807) is 6.92 Å². The molecule has 0 saturated carbocycles. The van der Waals surface area contributed by atoms with Crippen molar-refractivity contribution in [3.63, 3.8) is 0 Å². The van der Waals surface area contributed by atoms with Crippen LogP contribution in [0.15, 0.2) is 10.9 Å². The van der Waals surface area contributed by atoms with Gasteiger partial charge < -0.3 is 9.80 Å². The van der Waals surface area contributed by atoms with E-state index in [4.69, 9.17) is 0 Å². The summed E-state index contributed by atoms with van der Waals surface area (Å²) < 4.78 is 1.45. The van der Waals surface area contributed by atoms with E-state index >= 15 is 0 Å². The number of rotatable bonds is 5. The van der Waals surface area contributed by atoms with Crippen molar-refractivity contribution >= 4 is 11.8 Å². The van der Waals surface area contributed by atoms with Crippen LogP contribution in [0.4, 0.5) is 0 Å². The summed E-state index contributed by atoms with van der Waals surface area (Å²) in [4.78, 5) is 44.6. The second kappa shape index (κ2) is 8.01. The average Bonchev–Trinajstić information content (AvgIpc) is 3.01. The van der Waals surface area contributed by atoms with E-state index in [9.17, 15) is 14.4 Å². The molecule has 2 saturated heterocycles. The summed E-state index contributed by atoms with van der Waals surface area (Å²) >= 11 is 0. The molecule has 3 rings (SSSR count). The highest BCUT2D eigenvalue weighted by molar-refractivity contribution is 5.78. The van der Waals surface area contributed by atoms with E-state index in [0.29, 0.717) is 12.1 Å². The standard InChI is InChI=1S/C19H28N4O3/c1-14-12-15(2)23(19(26)20-14)13-18(25)22-10-4-3-6-16(22)8-11-21-9-5-7-17(21)24/h12,16H,3-11,13H2,1-2H3/t16-/m0/s1. The largest absolute Gasteiger partial charge is 0.348 e. The highest BCUT2D eigenvalue weighted by Gasteiger charge is 2.29. The fourth-order valence-electron chi connectivity index (χ4n) is 4.07. The van der Waals surface area contributed by atoms with Crippen LogP contribution in [0.2, 0.25) is 0 Å². The molecule has 0 N–H and O–H groups in total. The third-order valence-corrected chi connectivity index (χ3v) is 5.49. The van der Waals surface area contributed by atoms with Crippen molar-refractivity contribution in [2.75, 3.05) is 19.6 Å². The second-order valence-corrected chi connectivity index (χ2v) is 7.42. The minimum absolute atomic E-state index is 0.0294. The first-order valence-corrected chi connectivity index (χ1v) is 9.58. The molecular formula is C19H28N4O3. The lowest BCUT2D eigenvalue weighted by atomic mass is 9.99. The Labute approximate surface area is 154 Å². The summed E-state index contributed by atoms with van der Waals surface area (Å²) in [6.07, 6.45) is 5.47. The van der Waals surface area contributed by atoms with Gasteiger partial charge in [0.1, 0.15) is 6.54 Å². The molecule has 1 aromatic rings. The lowest BCUT2D eigenvalue weighted by molar-refractivity contribution is -0.136. The van der Waals surface area contributed by atoms with Gasteiger partial charge in [-0.2, -0.15) is 4.98 Å². The van der Waals surface area contributed by atoms with Gasteiger partial charge in [-0.1, -0.05) is 0 Å². The minimum atomic E-state index is -0.368. The first kappa shape index (κ1) is 18.6. The van der Waals surface area contributed by atoms with Crippen LogP contribution in [0.5, 0.6) is 0 Å². The summed E-state index contributed by atoms with van der Waals surface area (Å²) in [7, 11) is 0. The molecule has 0 aliphatic carbocycles. The smallest absolute Gasteiger partial charge is 0.343 e. The molecule has 2 amide bonds. The lowest BCUT2D eigenvalue weighted by Gasteiger charge is -2.37. The second-order valence-electron chi connectivity index (χ2n) is 7.42. The van der Waals surface area contributed by atoms with Crippen molar-refractivity contribution in [3.8, 4) is 0 Å². The quantitative estimate of drug-likeness (QED) is 0.792. The molecule has 0 radical (unpaired) electrons. The lowest BCUT2D eigenvalue weighted by Crippen LogP contribution is -2.47. The molecule has 3 heterocycles. The Balaban J connectivity index is 1.66. The van der Waals surface area contributed by atoms with Crippen molar-refractivity contribution in [3.05, 3.63) is 27.9 Å². The van der Waals surface area contributed by atoms with Crippen LogP contribution < -0.4 is 5.69 Å². The van der Waals surface area contributed by atoms with Gasteiger partial charge in [-0.05, 0) is 52.0 Å². The van der Waals surface area contributed by atoms with E-state index in [1.165, 1.54) is 4.57 Å². The van der Waals surface area contributed by atoms with E-state index in [-0.39, 0.29) is 30.1 Å². The first-order chi connectivity index (χ1) is 12.5. The number of carbonyl (C=O) groups is 2. The summed E-state index contributed by atoms with van der Waals surface area (Å²) in [6.45, 7) is 5.93. The topological polar surface area (TPSA) is 75.5 Å². The van der Waals surface area contributed by atoms with Gasteiger partial charge in [0, 0.05) is 43.5 Å². The number of hydrogen-bond acceptors (Lipinski definition) is 4. The summed E-state index contributed by atoms with van der Waals surface area (Å²) in [5.41, 5.74) is 1.06. The Kier molecular flexibility index (Phi) is 5.74. The Morgan fingerprint density at radius 2 is 2.00 bits per heavy atom. The van der Waals surface area contributed by atoms with E-state index < -0.39 is 0 Å². The summed E-state index contributed by atoms with van der Waals surface area (Å²) in [5, 5.41) is 0. The van der Waals surface area contributed by atoms with Crippen molar-refractivity contribution in [2.24, 2.45) is 0 Å². The molecule has 0 bridgehead atoms. The number of likely N-dealkylation sites (tertiary alicyclic amines) is 2. The molecule has 2 aliphatic heterocycles. The van der Waals surface area contributed by atoms with Crippen molar-refractivity contribution in [2.45, 2.75) is 65.0 Å². The van der Waals surface area contributed by atoms with Gasteiger partial charge >= 0.3 is 5.69 Å². The third-order valence-electron chi connectivity index (χ3n) is 5.49. The van der Waals surface area contributed by atoms with Crippen LogP contribution in [0, 0.1) is 13.8 Å². The predicted octanol–water partition coefficient (Wildman–Crippen LogP) is 1.25. The van der Waals surface area contributed by atoms with Crippen LogP contribution in [0.1, 0.15) is 49.9 Å². The van der Waals surface area contributed by atoms with Gasteiger partial charge in [0.05, 0.1) is 0 Å². The molecule has 142 valence electrons. The molecular weight excluding hydrogens is 332 g/mol. The maximum absolute atomic E-state index is 12.9. The van der Waals surface area contributed by atoms with Crippen LogP contribution in [-0.2, 0) is 16.1 Å². The number of piperidine rings is 1. The molecule has 0 spiro atoms. The van der Waals surface area contributed by atoms with Crippen LogP contribution in [-0.4, -0.2) is 56.8 Å². The zero-order valence-corrected chi connectivity index (χ0v) is 15.7. The van der Waals surface area contributed by atoms with Gasteiger partial charge in [-0.3, -0.25) is 14.2 Å². The van der Waals surface area contributed by atoms with Gasteiger partial charge in [0.2, 0.25) is 11.8 Å². The minimum Gasteiger partial charge on any atom is -0.343 e. The Hall–Kier alpha value is -2.18. The first-order valence-electron chi connectivity index (χ1n) is 9.58. The number of amides is 2. The van der Waals surface area contributed by atoms with E-state index in [2.05, 4.69) is 4.98 Å². The molecule has 2 fully saturated rings. The van der Waals surface area contributed by atoms with Crippen LogP contribution >= 0.6 is 0 Å². The molecule has 2 aliphatic rings. The molecule has 26 heavy (non-hydrogen) atoms. The molecule has 1 aromatic heterocycles. The van der Waals surface area contributed by atoms with Crippen molar-refractivity contribution in [1.29, 1.82) is 0 Å². The molecule has 0 aromatic carbocycles. The Morgan fingerprint density at radius 1 is 1.19 bits per heavy atom. The van der Waals surface area contributed by atoms with Crippen LogP contribution in [0.25, 0.3) is 0 Å². The van der Waals surface area contributed by atoms with Gasteiger partial charge in [-0.15, -0.1) is 0 Å². The van der Waals surface area contributed by atoms with Gasteiger partial charge in [0.25, 0.3) is 0 Å². The van der Waals surface area contributed by atoms with Gasteiger partial charge in [0.15, 0.2) is 0 Å². The maximum Gasteiger partial charge on any atom is 0.348 e. The predicted molar refractivity (Wildman–Crippen MR) is 97.8 cm³/mol. The number of aryl methyl sites for hydroxylation is 2. The molecule has 7 nitrogen and oxygen atoms in total. The van der Waals surface area contributed by atoms with E-state index in [0.717, 1.165) is 57.4 Å². The monoisotopic (exact) mass is 360 g/mol. The highest BCUT2D eigenvalue weighted by atomic mass is 16.2. The summed E-state index contributed by atoms with van der Waals surface area (Å²) in [5.74, 6) is 0.199. The zero-order chi connectivity index (χ0) is 18.7. The zero-order valence-electron chi connectivity index (χ0n) is 15.7. The normalized spacial score (nSPS) is 20.7. The number of aromatic nitrogens is 2. The molecule has 7 heteroatoms. The maximum atomic E-state index is 12.9. The number of hydrogen-bond donors (Lipinski definition) is 0. The number of carbonyl (C=O) groups excluding carboxylic acids is 2. The van der Waals surface area contributed by atoms with Crippen LogP contribution in [0.3, 0.4) is 0 Å². The summed E-state index contributed by atoms with van der Waals surface area (Å²) in [6, 6.07) is 1.97. The SMILES string of the molecule is Cc1cc(C)n(CC(=O)N2CCCC[C@H]2CCN2CCCC2=O)c(=O)n1. The highest BCUT2D eigenvalue weighted by Crippen LogP contribution is 2.22. The average molecular weight is 360 g/mol.